The van der Waals surface area contributed by atoms with Crippen LogP contribution in [0.4, 0.5) is 5.69 Å². The summed E-state index contributed by atoms with van der Waals surface area (Å²) in [6, 6.07) is 4.27. The van der Waals surface area contributed by atoms with Crippen LogP contribution in [-0.2, 0) is 4.79 Å². The molecule has 0 heterocycles. The van der Waals surface area contributed by atoms with E-state index in [0.717, 1.165) is 0 Å². The van der Waals surface area contributed by atoms with Gasteiger partial charge < -0.3 is 10.4 Å². The Morgan fingerprint density at radius 1 is 1.12 bits per heavy atom. The summed E-state index contributed by atoms with van der Waals surface area (Å²) in [5, 5.41) is 11.3. The highest BCUT2D eigenvalue weighted by atomic mass is 16.4. The van der Waals surface area contributed by atoms with Crippen molar-refractivity contribution in [2.45, 2.75) is 13.8 Å². The molecule has 1 aromatic carbocycles. The number of Topliss-reactive ketones (excluding diaryl/α,β-unsaturated/α-hetero) is 1. The third-order valence-corrected chi connectivity index (χ3v) is 1.98. The number of nitrogens with one attached hydrogen (secondary N) is 1. The third kappa shape index (κ3) is 2.44. The van der Waals surface area contributed by atoms with Crippen LogP contribution in [0.2, 0.25) is 0 Å². The van der Waals surface area contributed by atoms with Gasteiger partial charge in [-0.15, -0.1) is 0 Å². The summed E-state index contributed by atoms with van der Waals surface area (Å²) < 4.78 is 0. The van der Waals surface area contributed by atoms with E-state index < -0.39 is 11.9 Å². The minimum absolute atomic E-state index is 0.0509. The summed E-state index contributed by atoms with van der Waals surface area (Å²) in [5.41, 5.74) is 0.146. The van der Waals surface area contributed by atoms with E-state index in [2.05, 4.69) is 5.32 Å². The second kappa shape index (κ2) is 4.57. The molecule has 84 valence electrons. The first kappa shape index (κ1) is 11.9. The zero-order valence-electron chi connectivity index (χ0n) is 8.90. The predicted molar refractivity (Wildman–Crippen MR) is 57.7 cm³/mol. The second-order valence-corrected chi connectivity index (χ2v) is 3.27. The normalized spacial score (nSPS) is 9.62. The van der Waals surface area contributed by atoms with Crippen LogP contribution in [0.15, 0.2) is 18.2 Å². The van der Waals surface area contributed by atoms with Gasteiger partial charge in [0.1, 0.15) is 0 Å². The van der Waals surface area contributed by atoms with E-state index >= 15 is 0 Å². The lowest BCUT2D eigenvalue weighted by Crippen LogP contribution is -2.14. The Morgan fingerprint density at radius 2 is 1.69 bits per heavy atom. The van der Waals surface area contributed by atoms with E-state index in [1.807, 2.05) is 0 Å². The van der Waals surface area contributed by atoms with Gasteiger partial charge in [-0.3, -0.25) is 9.59 Å². The molecule has 0 aliphatic carbocycles. The number of hydrogen-bond acceptors (Lipinski definition) is 3. The molecule has 1 amide bonds. The third-order valence-electron chi connectivity index (χ3n) is 1.98. The lowest BCUT2D eigenvalue weighted by molar-refractivity contribution is -0.114. The molecule has 0 fully saturated rings. The van der Waals surface area contributed by atoms with E-state index in [9.17, 15) is 14.4 Å². The Hall–Kier alpha value is -2.17. The van der Waals surface area contributed by atoms with Crippen molar-refractivity contribution in [1.29, 1.82) is 0 Å². The van der Waals surface area contributed by atoms with E-state index in [4.69, 9.17) is 5.11 Å². The molecule has 0 aliphatic rings. The van der Waals surface area contributed by atoms with Gasteiger partial charge in [0.2, 0.25) is 5.91 Å². The molecule has 5 heteroatoms. The molecule has 0 saturated carbocycles. The Balaban J connectivity index is 3.40. The molecule has 0 aliphatic heterocycles. The summed E-state index contributed by atoms with van der Waals surface area (Å²) in [6.45, 7) is 2.56. The number of carboxylic acids is 1. The molecule has 2 N–H and O–H groups in total. The van der Waals surface area contributed by atoms with Crippen molar-refractivity contribution in [2.75, 3.05) is 5.32 Å². The molecule has 1 aromatic rings. The molecular weight excluding hydrogens is 210 g/mol. The summed E-state index contributed by atoms with van der Waals surface area (Å²) >= 11 is 0. The fourth-order valence-corrected chi connectivity index (χ4v) is 1.33. The fourth-order valence-electron chi connectivity index (χ4n) is 1.33. The van der Waals surface area contributed by atoms with Crippen molar-refractivity contribution >= 4 is 23.3 Å². The van der Waals surface area contributed by atoms with Crippen molar-refractivity contribution in [1.82, 2.24) is 0 Å². The van der Waals surface area contributed by atoms with Crippen LogP contribution in [0.1, 0.15) is 34.6 Å². The van der Waals surface area contributed by atoms with E-state index in [1.165, 1.54) is 32.0 Å². The van der Waals surface area contributed by atoms with Gasteiger partial charge >= 0.3 is 5.97 Å². The molecule has 0 radical (unpaired) electrons. The molecule has 16 heavy (non-hydrogen) atoms. The molecular formula is C11H11NO4. The number of para-hydroxylation sites is 1. The van der Waals surface area contributed by atoms with Gasteiger partial charge in [-0.05, 0) is 19.1 Å². The number of amides is 1. The van der Waals surface area contributed by atoms with Crippen LogP contribution in [0.25, 0.3) is 0 Å². The highest BCUT2D eigenvalue weighted by Crippen LogP contribution is 2.21. The lowest BCUT2D eigenvalue weighted by Gasteiger charge is -2.10. The number of carbonyl (C=O) groups is 3. The van der Waals surface area contributed by atoms with Crippen LogP contribution in [0.5, 0.6) is 0 Å². The number of aromatic carboxylic acids is 1. The number of hydrogen-bond donors (Lipinski definition) is 2. The number of ketones is 1. The highest BCUT2D eigenvalue weighted by molar-refractivity contribution is 6.09. The second-order valence-electron chi connectivity index (χ2n) is 3.27. The molecule has 5 nitrogen and oxygen atoms in total. The van der Waals surface area contributed by atoms with Crippen molar-refractivity contribution in [2.24, 2.45) is 0 Å². The van der Waals surface area contributed by atoms with Gasteiger partial charge in [-0.25, -0.2) is 4.79 Å². The van der Waals surface area contributed by atoms with Gasteiger partial charge in [-0.2, -0.15) is 0 Å². The smallest absolute Gasteiger partial charge is 0.337 e. The van der Waals surface area contributed by atoms with Crippen molar-refractivity contribution < 1.29 is 19.5 Å². The van der Waals surface area contributed by atoms with Crippen molar-refractivity contribution in [3.05, 3.63) is 29.3 Å². The number of carbonyl (C=O) groups excluding carboxylic acids is 2. The average Bonchev–Trinajstić information content (AvgIpc) is 2.16. The summed E-state index contributed by atoms with van der Waals surface area (Å²) in [6.07, 6.45) is 0. The largest absolute Gasteiger partial charge is 0.478 e. The van der Waals surface area contributed by atoms with Gasteiger partial charge in [0.15, 0.2) is 5.78 Å². The van der Waals surface area contributed by atoms with Crippen molar-refractivity contribution in [3.63, 3.8) is 0 Å². The Bertz CT molecular complexity index is 433. The summed E-state index contributed by atoms with van der Waals surface area (Å²) in [5.74, 6) is -1.91. The number of anilines is 1. The topological polar surface area (TPSA) is 83.5 Å². The standard InChI is InChI=1S/C11H11NO4/c1-6(13)8-4-3-5-9(11(15)16)10(8)12-7(2)14/h3-5H,1-2H3,(H,12,14)(H,15,16). The zero-order valence-corrected chi connectivity index (χ0v) is 8.90. The number of benzene rings is 1. The minimum atomic E-state index is -1.19. The first-order valence-corrected chi connectivity index (χ1v) is 4.58. The Labute approximate surface area is 92.1 Å². The maximum atomic E-state index is 11.3. The summed E-state index contributed by atoms with van der Waals surface area (Å²) in [7, 11) is 0. The Morgan fingerprint density at radius 3 is 2.12 bits per heavy atom. The molecule has 0 saturated heterocycles. The molecule has 0 spiro atoms. The maximum Gasteiger partial charge on any atom is 0.337 e. The van der Waals surface area contributed by atoms with Gasteiger partial charge in [0.05, 0.1) is 11.3 Å². The Kier molecular flexibility index (Phi) is 3.40. The highest BCUT2D eigenvalue weighted by Gasteiger charge is 2.16. The maximum absolute atomic E-state index is 11.3. The number of carboxylic acid groups (broad SMARTS) is 1. The molecule has 0 aromatic heterocycles. The SMILES string of the molecule is CC(=O)Nc1c(C(C)=O)cccc1C(=O)O. The van der Waals surface area contributed by atoms with Crippen LogP contribution in [0, 0.1) is 0 Å². The zero-order chi connectivity index (χ0) is 12.3. The average molecular weight is 221 g/mol. The van der Waals surface area contributed by atoms with Crippen molar-refractivity contribution in [3.8, 4) is 0 Å². The molecule has 1 rings (SSSR count). The minimum Gasteiger partial charge on any atom is -0.478 e. The van der Waals surface area contributed by atoms with Gasteiger partial charge in [-0.1, -0.05) is 6.07 Å². The van der Waals surface area contributed by atoms with E-state index in [-0.39, 0.29) is 22.6 Å². The quantitative estimate of drug-likeness (QED) is 0.758. The van der Waals surface area contributed by atoms with E-state index in [1.54, 1.807) is 0 Å². The molecule has 0 atom stereocenters. The van der Waals surface area contributed by atoms with E-state index in [0.29, 0.717) is 0 Å². The van der Waals surface area contributed by atoms with Gasteiger partial charge in [0.25, 0.3) is 0 Å². The lowest BCUT2D eigenvalue weighted by atomic mass is 10.0. The monoisotopic (exact) mass is 221 g/mol. The van der Waals surface area contributed by atoms with Gasteiger partial charge in [0, 0.05) is 12.5 Å². The number of rotatable bonds is 3. The first-order valence-electron chi connectivity index (χ1n) is 4.58. The molecule has 0 unspecified atom stereocenters. The van der Waals surface area contributed by atoms with Crippen LogP contribution in [0.3, 0.4) is 0 Å². The summed E-state index contributed by atoms with van der Waals surface area (Å²) in [4.78, 5) is 33.1. The molecule has 0 bridgehead atoms. The van der Waals surface area contributed by atoms with Crippen LogP contribution >= 0.6 is 0 Å². The van der Waals surface area contributed by atoms with Crippen LogP contribution < -0.4 is 5.32 Å². The fraction of sp³-hybridized carbons (Fsp3) is 0.182. The predicted octanol–water partition coefficient (Wildman–Crippen LogP) is 1.55. The van der Waals surface area contributed by atoms with Crippen LogP contribution in [-0.4, -0.2) is 22.8 Å². The first-order chi connectivity index (χ1) is 7.43.